The van der Waals surface area contributed by atoms with Gasteiger partial charge in [0.15, 0.2) is 0 Å². The highest BCUT2D eigenvalue weighted by Crippen LogP contribution is 2.44. The van der Waals surface area contributed by atoms with Crippen LogP contribution in [0, 0.1) is 0 Å². The predicted molar refractivity (Wildman–Crippen MR) is 89.7 cm³/mol. The maximum atomic E-state index is 12.2. The van der Waals surface area contributed by atoms with Crippen molar-refractivity contribution in [3.8, 4) is 11.1 Å². The molecule has 0 radical (unpaired) electrons. The van der Waals surface area contributed by atoms with E-state index in [1.165, 1.54) is 27.2 Å². The molecule has 2 aromatic rings. The Morgan fingerprint density at radius 3 is 2.33 bits per heavy atom. The van der Waals surface area contributed by atoms with Crippen LogP contribution >= 0.6 is 0 Å². The van der Waals surface area contributed by atoms with E-state index >= 15 is 0 Å². The fourth-order valence-electron chi connectivity index (χ4n) is 3.48. The van der Waals surface area contributed by atoms with E-state index in [0.717, 1.165) is 0 Å². The van der Waals surface area contributed by atoms with Gasteiger partial charge in [-0.15, -0.1) is 0 Å². The number of carbonyl (C=O) groups excluding carboxylic acids is 2. The topological polar surface area (TPSA) is 58.6 Å². The van der Waals surface area contributed by atoms with Gasteiger partial charge in [0.1, 0.15) is 13.2 Å². The largest absolute Gasteiger partial charge is 0.448 e. The van der Waals surface area contributed by atoms with Gasteiger partial charge in [-0.2, -0.15) is 0 Å². The van der Waals surface area contributed by atoms with Crippen LogP contribution in [0.5, 0.6) is 0 Å². The van der Waals surface area contributed by atoms with E-state index in [-0.39, 0.29) is 25.0 Å². The molecule has 5 heteroatoms. The standard InChI is InChI=1S/C19H18N2O3/c22-18-11-21(10-9-20-18)19(23)24-12-17-15-7-3-1-5-13(15)14-6-2-4-8-16(14)17/h1-8,17H,9-12H2,(H,20,22). The number of amides is 2. The first-order chi connectivity index (χ1) is 11.7. The second-order valence-electron chi connectivity index (χ2n) is 6.08. The highest BCUT2D eigenvalue weighted by molar-refractivity contribution is 5.83. The summed E-state index contributed by atoms with van der Waals surface area (Å²) in [5.41, 5.74) is 4.77. The molecule has 2 aromatic carbocycles. The Balaban J connectivity index is 1.52. The predicted octanol–water partition coefficient (Wildman–Crippen LogP) is 2.37. The maximum Gasteiger partial charge on any atom is 0.410 e. The van der Waals surface area contributed by atoms with Crippen LogP contribution in [0.25, 0.3) is 11.1 Å². The van der Waals surface area contributed by atoms with Crippen molar-refractivity contribution in [3.63, 3.8) is 0 Å². The minimum Gasteiger partial charge on any atom is -0.448 e. The Bertz CT molecular complexity index is 757. The van der Waals surface area contributed by atoms with Crippen molar-refractivity contribution in [2.24, 2.45) is 0 Å². The molecular formula is C19H18N2O3. The van der Waals surface area contributed by atoms with E-state index in [1.807, 2.05) is 24.3 Å². The normalized spacial score (nSPS) is 16.3. The second-order valence-corrected chi connectivity index (χ2v) is 6.08. The van der Waals surface area contributed by atoms with E-state index in [1.54, 1.807) is 0 Å². The minimum absolute atomic E-state index is 0.0416. The van der Waals surface area contributed by atoms with E-state index in [4.69, 9.17) is 4.74 Å². The lowest BCUT2D eigenvalue weighted by molar-refractivity contribution is -0.123. The summed E-state index contributed by atoms with van der Waals surface area (Å²) in [5, 5.41) is 2.70. The summed E-state index contributed by atoms with van der Waals surface area (Å²) in [7, 11) is 0. The Labute approximate surface area is 140 Å². The third kappa shape index (κ3) is 2.52. The van der Waals surface area contributed by atoms with E-state index in [0.29, 0.717) is 13.1 Å². The fourth-order valence-corrected chi connectivity index (χ4v) is 3.48. The third-order valence-electron chi connectivity index (χ3n) is 4.63. The Morgan fingerprint density at radius 1 is 1.08 bits per heavy atom. The lowest BCUT2D eigenvalue weighted by atomic mass is 9.98. The molecule has 1 saturated heterocycles. The van der Waals surface area contributed by atoms with Crippen LogP contribution < -0.4 is 5.32 Å². The van der Waals surface area contributed by atoms with Crippen molar-refractivity contribution in [2.45, 2.75) is 5.92 Å². The summed E-state index contributed by atoms with van der Waals surface area (Å²) in [5.74, 6) is -0.102. The second kappa shape index (κ2) is 6.00. The lowest BCUT2D eigenvalue weighted by Crippen LogP contribution is -2.50. The summed E-state index contributed by atoms with van der Waals surface area (Å²) < 4.78 is 5.53. The number of nitrogens with zero attached hydrogens (tertiary/aromatic N) is 1. The molecule has 0 saturated carbocycles. The molecule has 4 rings (SSSR count). The molecule has 0 bridgehead atoms. The van der Waals surface area contributed by atoms with Gasteiger partial charge in [-0.25, -0.2) is 4.79 Å². The third-order valence-corrected chi connectivity index (χ3v) is 4.63. The summed E-state index contributed by atoms with van der Waals surface area (Å²) >= 11 is 0. The van der Waals surface area contributed by atoms with Gasteiger partial charge in [0.25, 0.3) is 0 Å². The van der Waals surface area contributed by atoms with Crippen LogP contribution in [0.1, 0.15) is 17.0 Å². The molecule has 0 unspecified atom stereocenters. The average molecular weight is 322 g/mol. The minimum atomic E-state index is -0.424. The summed E-state index contributed by atoms with van der Waals surface area (Å²) in [6.45, 7) is 1.31. The maximum absolute atomic E-state index is 12.2. The number of rotatable bonds is 2. The van der Waals surface area contributed by atoms with Crippen LogP contribution in [0.3, 0.4) is 0 Å². The monoisotopic (exact) mass is 322 g/mol. The SMILES string of the molecule is O=C1CN(C(=O)OCC2c3ccccc3-c3ccccc32)CCN1. The van der Waals surface area contributed by atoms with Gasteiger partial charge in [0, 0.05) is 19.0 Å². The molecule has 2 amide bonds. The number of ether oxygens (including phenoxy) is 1. The zero-order valence-electron chi connectivity index (χ0n) is 13.2. The number of benzene rings is 2. The van der Waals surface area contributed by atoms with Crippen LogP contribution in [-0.4, -0.2) is 43.1 Å². The van der Waals surface area contributed by atoms with Crippen LogP contribution in [0.2, 0.25) is 0 Å². The van der Waals surface area contributed by atoms with Gasteiger partial charge in [-0.3, -0.25) is 9.69 Å². The van der Waals surface area contributed by atoms with Crippen molar-refractivity contribution < 1.29 is 14.3 Å². The molecule has 1 aliphatic heterocycles. The average Bonchev–Trinajstić information content (AvgIpc) is 2.94. The van der Waals surface area contributed by atoms with Crippen LogP contribution in [0.15, 0.2) is 48.5 Å². The molecule has 5 nitrogen and oxygen atoms in total. The summed E-state index contributed by atoms with van der Waals surface area (Å²) in [6.07, 6.45) is -0.424. The smallest absolute Gasteiger partial charge is 0.410 e. The fraction of sp³-hybridized carbons (Fsp3) is 0.263. The van der Waals surface area contributed by atoms with Crippen molar-refractivity contribution in [1.82, 2.24) is 10.2 Å². The van der Waals surface area contributed by atoms with Gasteiger partial charge in [-0.1, -0.05) is 48.5 Å². The Hall–Kier alpha value is -2.82. The molecule has 1 fully saturated rings. The highest BCUT2D eigenvalue weighted by Gasteiger charge is 2.30. The van der Waals surface area contributed by atoms with Gasteiger partial charge in [0.05, 0.1) is 0 Å². The molecule has 0 spiro atoms. The number of hydrogen-bond acceptors (Lipinski definition) is 3. The van der Waals surface area contributed by atoms with Gasteiger partial charge < -0.3 is 10.1 Å². The molecule has 122 valence electrons. The summed E-state index contributed by atoms with van der Waals surface area (Å²) in [4.78, 5) is 25.1. The highest BCUT2D eigenvalue weighted by atomic mass is 16.6. The van der Waals surface area contributed by atoms with Crippen LogP contribution in [-0.2, 0) is 9.53 Å². The molecule has 0 atom stereocenters. The van der Waals surface area contributed by atoms with E-state index < -0.39 is 6.09 Å². The van der Waals surface area contributed by atoms with Gasteiger partial charge in [-0.05, 0) is 22.3 Å². The molecule has 0 aromatic heterocycles. The van der Waals surface area contributed by atoms with Crippen LogP contribution in [0.4, 0.5) is 4.79 Å². The first-order valence-corrected chi connectivity index (χ1v) is 8.10. The number of carbonyl (C=O) groups is 2. The molecule has 1 heterocycles. The zero-order chi connectivity index (χ0) is 16.5. The van der Waals surface area contributed by atoms with Crippen molar-refractivity contribution in [2.75, 3.05) is 26.2 Å². The summed E-state index contributed by atoms with van der Waals surface area (Å²) in [6, 6.07) is 16.4. The van der Waals surface area contributed by atoms with Gasteiger partial charge >= 0.3 is 6.09 Å². The van der Waals surface area contributed by atoms with Crippen molar-refractivity contribution >= 4 is 12.0 Å². The molecular weight excluding hydrogens is 304 g/mol. The van der Waals surface area contributed by atoms with Crippen molar-refractivity contribution in [3.05, 3.63) is 59.7 Å². The van der Waals surface area contributed by atoms with E-state index in [2.05, 4.69) is 29.6 Å². The van der Waals surface area contributed by atoms with E-state index in [9.17, 15) is 9.59 Å². The van der Waals surface area contributed by atoms with Gasteiger partial charge in [0.2, 0.25) is 5.91 Å². The molecule has 1 aliphatic carbocycles. The zero-order valence-corrected chi connectivity index (χ0v) is 13.2. The number of piperazine rings is 1. The van der Waals surface area contributed by atoms with Crippen molar-refractivity contribution in [1.29, 1.82) is 0 Å². The molecule has 24 heavy (non-hydrogen) atoms. The molecule has 2 aliphatic rings. The number of fused-ring (bicyclic) bond motifs is 3. The number of hydrogen-bond donors (Lipinski definition) is 1. The quantitative estimate of drug-likeness (QED) is 0.923. The number of nitrogens with one attached hydrogen (secondary N) is 1. The first kappa shape index (κ1) is 14.8. The molecule has 1 N–H and O–H groups in total. The lowest BCUT2D eigenvalue weighted by Gasteiger charge is -2.26. The Morgan fingerprint density at radius 2 is 1.71 bits per heavy atom. The Kier molecular flexibility index (Phi) is 3.69. The first-order valence-electron chi connectivity index (χ1n) is 8.10.